The van der Waals surface area contributed by atoms with Crippen LogP contribution in [0, 0.1) is 0 Å². The highest BCUT2D eigenvalue weighted by atomic mass is 16.3. The highest BCUT2D eigenvalue weighted by molar-refractivity contribution is 6.12. The number of Topliss-reactive ketones (excluding diaryl/α,β-unsaturated/α-hetero) is 2. The number of rotatable bonds is 4. The molecule has 1 aromatic heterocycles. The smallest absolute Gasteiger partial charge is 0.184 e. The van der Waals surface area contributed by atoms with Gasteiger partial charge in [-0.2, -0.15) is 0 Å². The van der Waals surface area contributed by atoms with E-state index in [1.807, 2.05) is 88.4 Å². The van der Waals surface area contributed by atoms with Crippen LogP contribution in [0.4, 0.5) is 0 Å². The van der Waals surface area contributed by atoms with Crippen LogP contribution in [-0.2, 0) is 9.59 Å². The molecule has 218 valence electrons. The van der Waals surface area contributed by atoms with Gasteiger partial charge >= 0.3 is 0 Å². The first kappa shape index (κ1) is 28.2. The second kappa shape index (κ2) is 11.2. The monoisotopic (exact) mass is 584 g/mol. The van der Waals surface area contributed by atoms with Crippen molar-refractivity contribution in [3.8, 4) is 0 Å². The number of hydrogen-bond donors (Lipinski definition) is 0. The molecule has 2 aliphatic carbocycles. The lowest BCUT2D eigenvalue weighted by molar-refractivity contribution is -0.113. The number of ketones is 2. The summed E-state index contributed by atoms with van der Waals surface area (Å²) in [5.74, 6) is 1.50. The van der Waals surface area contributed by atoms with E-state index in [9.17, 15) is 9.59 Å². The van der Waals surface area contributed by atoms with Gasteiger partial charge in [0.15, 0.2) is 11.6 Å². The minimum atomic E-state index is 0.0512. The molecule has 7 rings (SSSR count). The lowest BCUT2D eigenvalue weighted by Gasteiger charge is -2.18. The van der Waals surface area contributed by atoms with E-state index in [-0.39, 0.29) is 11.6 Å². The molecule has 0 saturated carbocycles. The third kappa shape index (κ3) is 4.97. The van der Waals surface area contributed by atoms with Crippen molar-refractivity contribution in [2.75, 3.05) is 0 Å². The highest BCUT2D eigenvalue weighted by Crippen LogP contribution is 2.41. The van der Waals surface area contributed by atoms with E-state index in [4.69, 9.17) is 4.42 Å². The van der Waals surface area contributed by atoms with Crippen molar-refractivity contribution in [1.29, 1.82) is 0 Å². The van der Waals surface area contributed by atoms with Crippen molar-refractivity contribution >= 4 is 44.3 Å². The molecule has 0 N–H and O–H groups in total. The first-order chi connectivity index (χ1) is 21.8. The van der Waals surface area contributed by atoms with Crippen LogP contribution >= 0.6 is 0 Å². The molecule has 3 nitrogen and oxygen atoms in total. The predicted octanol–water partition coefficient (Wildman–Crippen LogP) is 10.1. The summed E-state index contributed by atoms with van der Waals surface area (Å²) in [6.45, 7) is 7.46. The van der Waals surface area contributed by atoms with E-state index in [0.717, 1.165) is 55.0 Å². The summed E-state index contributed by atoms with van der Waals surface area (Å²) in [7, 11) is 0. The molecular weight excluding hydrogens is 552 g/mol. The van der Waals surface area contributed by atoms with Crippen molar-refractivity contribution in [2.24, 2.45) is 0 Å². The van der Waals surface area contributed by atoms with Gasteiger partial charge in [-0.1, -0.05) is 84.9 Å². The van der Waals surface area contributed by atoms with Crippen molar-refractivity contribution in [3.63, 3.8) is 0 Å². The Balaban J connectivity index is 1.52. The Morgan fingerprint density at radius 3 is 1.20 bits per heavy atom. The van der Waals surface area contributed by atoms with E-state index in [0.29, 0.717) is 33.8 Å². The fourth-order valence-corrected chi connectivity index (χ4v) is 6.54. The summed E-state index contributed by atoms with van der Waals surface area (Å²) in [5.41, 5.74) is 8.53. The van der Waals surface area contributed by atoms with Crippen LogP contribution in [-0.4, -0.2) is 11.6 Å². The fraction of sp³-hybridized carbons (Fsp3) is 0.0952. The molecule has 5 aromatic rings. The van der Waals surface area contributed by atoms with E-state index in [1.165, 1.54) is 0 Å². The third-order valence-electron chi connectivity index (χ3n) is 8.71. The molecule has 0 saturated heterocycles. The summed E-state index contributed by atoms with van der Waals surface area (Å²) in [4.78, 5) is 25.5. The lowest BCUT2D eigenvalue weighted by Crippen LogP contribution is -2.07. The van der Waals surface area contributed by atoms with Gasteiger partial charge in [0.2, 0.25) is 0 Å². The summed E-state index contributed by atoms with van der Waals surface area (Å²) < 4.78 is 6.91. The zero-order chi connectivity index (χ0) is 31.2. The van der Waals surface area contributed by atoms with Crippen molar-refractivity contribution < 1.29 is 14.0 Å². The standard InChI is InChI=1S/C42H32O3/c1-25-21-31(22-26(2)41(25)43)39(35-17-9-13-29-11-5-7-15-33(29)35)37-19-20-38(45-37)40(32-23-27(3)42(44)28(4)24-32)36-18-10-14-30-12-6-8-16-34(30)36/h5-24H,1-4H3. The zero-order valence-electron chi connectivity index (χ0n) is 25.8. The number of carbonyl (C=O) groups excluding carboxylic acids is 2. The Morgan fingerprint density at radius 1 is 0.444 bits per heavy atom. The minimum absolute atomic E-state index is 0.0512. The summed E-state index contributed by atoms with van der Waals surface area (Å²) in [6, 6.07) is 33.3. The SMILES string of the molecule is CC1=CC(=C(c2ccc(C(=C3C=C(C)C(=O)C(C)=C3)c3cccc4ccccc34)o2)c2cccc3ccccc23)C=C(C)C1=O. The Kier molecular flexibility index (Phi) is 7.02. The van der Waals surface area contributed by atoms with Gasteiger partial charge in [-0.15, -0.1) is 0 Å². The van der Waals surface area contributed by atoms with Gasteiger partial charge in [-0.3, -0.25) is 9.59 Å². The maximum absolute atomic E-state index is 12.8. The van der Waals surface area contributed by atoms with Crippen LogP contribution < -0.4 is 0 Å². The Bertz CT molecular complexity index is 2050. The van der Waals surface area contributed by atoms with Gasteiger partial charge < -0.3 is 4.42 Å². The predicted molar refractivity (Wildman–Crippen MR) is 184 cm³/mol. The minimum Gasteiger partial charge on any atom is -0.456 e. The molecule has 0 spiro atoms. The largest absolute Gasteiger partial charge is 0.456 e. The topological polar surface area (TPSA) is 47.3 Å². The molecule has 1 heterocycles. The first-order valence-corrected chi connectivity index (χ1v) is 15.2. The number of benzene rings is 4. The number of carbonyl (C=O) groups is 2. The van der Waals surface area contributed by atoms with Gasteiger partial charge in [-0.05, 0) is 130 Å². The van der Waals surface area contributed by atoms with Crippen molar-refractivity contribution in [1.82, 2.24) is 0 Å². The molecule has 0 aliphatic heterocycles. The highest BCUT2D eigenvalue weighted by Gasteiger charge is 2.24. The molecule has 0 radical (unpaired) electrons. The third-order valence-corrected chi connectivity index (χ3v) is 8.71. The molecule has 2 aliphatic rings. The van der Waals surface area contributed by atoms with Crippen LogP contribution in [0.5, 0.6) is 0 Å². The van der Waals surface area contributed by atoms with Crippen molar-refractivity contribution in [2.45, 2.75) is 27.7 Å². The second-order valence-corrected chi connectivity index (χ2v) is 11.8. The summed E-state index contributed by atoms with van der Waals surface area (Å²) in [5, 5.41) is 4.45. The summed E-state index contributed by atoms with van der Waals surface area (Å²) in [6.07, 6.45) is 7.85. The average molecular weight is 585 g/mol. The molecule has 0 atom stereocenters. The molecule has 0 unspecified atom stereocenters. The number of hydrogen-bond acceptors (Lipinski definition) is 3. The van der Waals surface area contributed by atoms with Crippen molar-refractivity contribution in [3.05, 3.63) is 177 Å². The van der Waals surface area contributed by atoms with Crippen LogP contribution in [0.25, 0.3) is 32.7 Å². The quantitative estimate of drug-likeness (QED) is 0.211. The fourth-order valence-electron chi connectivity index (χ4n) is 6.54. The lowest BCUT2D eigenvalue weighted by atomic mass is 9.87. The number of fused-ring (bicyclic) bond motifs is 2. The summed E-state index contributed by atoms with van der Waals surface area (Å²) >= 11 is 0. The van der Waals surface area contributed by atoms with E-state index < -0.39 is 0 Å². The normalized spacial score (nSPS) is 15.2. The molecular formula is C42H32O3. The average Bonchev–Trinajstić information content (AvgIpc) is 3.52. The number of allylic oxidation sites excluding steroid dienone is 10. The number of furan rings is 1. The first-order valence-electron chi connectivity index (χ1n) is 15.2. The van der Waals surface area contributed by atoms with Gasteiger partial charge in [-0.25, -0.2) is 0 Å². The Labute approximate surface area is 262 Å². The van der Waals surface area contributed by atoms with E-state index in [1.54, 1.807) is 0 Å². The van der Waals surface area contributed by atoms with Gasteiger partial charge in [0.05, 0.1) is 0 Å². The van der Waals surface area contributed by atoms with Crippen LogP contribution in [0.15, 0.2) is 159 Å². The molecule has 0 amide bonds. The second-order valence-electron chi connectivity index (χ2n) is 11.8. The zero-order valence-corrected chi connectivity index (χ0v) is 25.8. The van der Waals surface area contributed by atoms with Gasteiger partial charge in [0.25, 0.3) is 0 Å². The van der Waals surface area contributed by atoms with Gasteiger partial charge in [0.1, 0.15) is 11.5 Å². The Hall–Kier alpha value is -5.54. The maximum atomic E-state index is 12.8. The molecule has 0 fully saturated rings. The van der Waals surface area contributed by atoms with Crippen LogP contribution in [0.3, 0.4) is 0 Å². The van der Waals surface area contributed by atoms with Gasteiger partial charge in [0, 0.05) is 11.1 Å². The molecule has 45 heavy (non-hydrogen) atoms. The molecule has 0 bridgehead atoms. The van der Waals surface area contributed by atoms with Crippen LogP contribution in [0.2, 0.25) is 0 Å². The van der Waals surface area contributed by atoms with E-state index in [2.05, 4.69) is 60.7 Å². The van der Waals surface area contributed by atoms with Crippen LogP contribution in [0.1, 0.15) is 50.3 Å². The molecule has 4 aromatic carbocycles. The molecule has 3 heteroatoms. The Morgan fingerprint density at radius 2 is 0.800 bits per heavy atom. The maximum Gasteiger partial charge on any atom is 0.184 e. The van der Waals surface area contributed by atoms with E-state index >= 15 is 0 Å².